The molecule has 7 heteroatoms. The van der Waals surface area contributed by atoms with Gasteiger partial charge >= 0.3 is 0 Å². The van der Waals surface area contributed by atoms with E-state index in [1.807, 2.05) is 24.3 Å². The lowest BCUT2D eigenvalue weighted by Gasteiger charge is -2.04. The summed E-state index contributed by atoms with van der Waals surface area (Å²) >= 11 is 16.9. The van der Waals surface area contributed by atoms with Crippen LogP contribution in [0.1, 0.15) is 28.6 Å². The lowest BCUT2D eigenvalue weighted by molar-refractivity contribution is 0.102. The number of benzene rings is 2. The van der Waals surface area contributed by atoms with Gasteiger partial charge in [0.05, 0.1) is 16.3 Å². The lowest BCUT2D eigenvalue weighted by atomic mass is 10.1. The molecule has 134 valence electrons. The number of hydrogen-bond acceptors (Lipinski definition) is 3. The number of thiazole rings is 1. The van der Waals surface area contributed by atoms with E-state index in [0.717, 1.165) is 33.4 Å². The maximum atomic E-state index is 12.5. The van der Waals surface area contributed by atoms with E-state index in [2.05, 4.69) is 33.2 Å². The van der Waals surface area contributed by atoms with Gasteiger partial charge in [0, 0.05) is 19.9 Å². The second-order valence-electron chi connectivity index (χ2n) is 5.63. The van der Waals surface area contributed by atoms with E-state index in [4.69, 9.17) is 23.2 Å². The maximum Gasteiger partial charge on any atom is 0.258 e. The first-order valence-corrected chi connectivity index (χ1v) is 10.4. The minimum Gasteiger partial charge on any atom is -0.298 e. The van der Waals surface area contributed by atoms with Gasteiger partial charge in [-0.25, -0.2) is 4.98 Å². The van der Waals surface area contributed by atoms with Crippen molar-refractivity contribution in [2.45, 2.75) is 19.8 Å². The van der Waals surface area contributed by atoms with Crippen molar-refractivity contribution in [1.82, 2.24) is 4.98 Å². The number of aromatic nitrogens is 1. The van der Waals surface area contributed by atoms with Crippen LogP contribution in [0.15, 0.2) is 46.9 Å². The van der Waals surface area contributed by atoms with Gasteiger partial charge in [0.1, 0.15) is 0 Å². The van der Waals surface area contributed by atoms with Crippen molar-refractivity contribution in [3.63, 3.8) is 0 Å². The Hall–Kier alpha value is -1.40. The first kappa shape index (κ1) is 19.4. The van der Waals surface area contributed by atoms with Crippen LogP contribution in [0.25, 0.3) is 11.3 Å². The fourth-order valence-electron chi connectivity index (χ4n) is 2.47. The molecular weight excluding hydrogens is 455 g/mol. The molecule has 26 heavy (non-hydrogen) atoms. The zero-order valence-electron chi connectivity index (χ0n) is 13.9. The molecule has 3 nitrogen and oxygen atoms in total. The van der Waals surface area contributed by atoms with Gasteiger partial charge in [0.2, 0.25) is 0 Å². The van der Waals surface area contributed by atoms with Crippen molar-refractivity contribution < 1.29 is 4.79 Å². The molecule has 1 N–H and O–H groups in total. The number of hydrogen-bond donors (Lipinski definition) is 1. The van der Waals surface area contributed by atoms with E-state index >= 15 is 0 Å². The number of amides is 1. The monoisotopic (exact) mass is 468 g/mol. The first-order valence-electron chi connectivity index (χ1n) is 8.00. The van der Waals surface area contributed by atoms with Crippen molar-refractivity contribution in [3.8, 4) is 11.3 Å². The second-order valence-corrected chi connectivity index (χ2v) is 8.47. The molecule has 0 spiro atoms. The van der Waals surface area contributed by atoms with E-state index in [0.29, 0.717) is 20.7 Å². The molecule has 0 aliphatic rings. The minimum atomic E-state index is -0.300. The Balaban J connectivity index is 1.89. The van der Waals surface area contributed by atoms with Gasteiger partial charge in [-0.3, -0.25) is 10.1 Å². The van der Waals surface area contributed by atoms with Crippen molar-refractivity contribution in [3.05, 3.63) is 67.4 Å². The summed E-state index contributed by atoms with van der Waals surface area (Å²) in [5.41, 5.74) is 2.30. The Morgan fingerprint density at radius 3 is 2.58 bits per heavy atom. The normalized spacial score (nSPS) is 10.8. The third-order valence-electron chi connectivity index (χ3n) is 3.69. The number of halogens is 3. The molecule has 3 aromatic rings. The highest BCUT2D eigenvalue weighted by Crippen LogP contribution is 2.33. The van der Waals surface area contributed by atoms with Crippen LogP contribution in [0, 0.1) is 0 Å². The summed E-state index contributed by atoms with van der Waals surface area (Å²) in [6, 6.07) is 12.8. The molecule has 1 amide bonds. The fraction of sp³-hybridized carbons (Fsp3) is 0.158. The quantitative estimate of drug-likeness (QED) is 0.433. The molecule has 0 bridgehead atoms. The molecule has 0 fully saturated rings. The Kier molecular flexibility index (Phi) is 6.35. The number of anilines is 1. The van der Waals surface area contributed by atoms with Crippen LogP contribution >= 0.6 is 50.5 Å². The summed E-state index contributed by atoms with van der Waals surface area (Å²) < 4.78 is 1.01. The summed E-state index contributed by atoms with van der Waals surface area (Å²) in [5, 5.41) is 4.21. The van der Waals surface area contributed by atoms with Gasteiger partial charge in [-0.2, -0.15) is 0 Å². The van der Waals surface area contributed by atoms with E-state index in [1.54, 1.807) is 18.2 Å². The lowest BCUT2D eigenvalue weighted by Crippen LogP contribution is -2.12. The van der Waals surface area contributed by atoms with Crippen LogP contribution < -0.4 is 5.32 Å². The third-order valence-corrected chi connectivity index (χ3v) is 5.80. The van der Waals surface area contributed by atoms with Gasteiger partial charge in [-0.15, -0.1) is 11.3 Å². The van der Waals surface area contributed by atoms with Crippen LogP contribution in [0.2, 0.25) is 10.0 Å². The molecule has 3 rings (SSSR count). The second kappa shape index (κ2) is 8.53. The fourth-order valence-corrected chi connectivity index (χ4v) is 4.31. The third kappa shape index (κ3) is 4.46. The number of carbonyl (C=O) groups excluding carboxylic acids is 1. The Bertz CT molecular complexity index is 941. The van der Waals surface area contributed by atoms with Crippen LogP contribution in [-0.4, -0.2) is 10.9 Å². The van der Waals surface area contributed by atoms with Crippen molar-refractivity contribution in [2.75, 3.05) is 5.32 Å². The highest BCUT2D eigenvalue weighted by molar-refractivity contribution is 9.10. The highest BCUT2D eigenvalue weighted by atomic mass is 79.9. The SMILES string of the molecule is CCCc1sc(NC(=O)c2ccc(Cl)cc2Cl)nc1-c1ccc(Br)cc1. The van der Waals surface area contributed by atoms with Gasteiger partial charge < -0.3 is 0 Å². The van der Waals surface area contributed by atoms with Gasteiger partial charge in [-0.05, 0) is 36.8 Å². The summed E-state index contributed by atoms with van der Waals surface area (Å²) in [6.07, 6.45) is 1.91. The number of nitrogens with one attached hydrogen (secondary N) is 1. The predicted octanol–water partition coefficient (Wildman–Crippen LogP) is 7.08. The molecule has 0 aliphatic heterocycles. The summed E-state index contributed by atoms with van der Waals surface area (Å²) in [4.78, 5) is 18.3. The minimum absolute atomic E-state index is 0.300. The first-order chi connectivity index (χ1) is 12.5. The molecule has 1 heterocycles. The molecule has 1 aromatic heterocycles. The van der Waals surface area contributed by atoms with Gasteiger partial charge in [0.25, 0.3) is 5.91 Å². The topological polar surface area (TPSA) is 42.0 Å². The molecule has 0 aliphatic carbocycles. The van der Waals surface area contributed by atoms with Gasteiger partial charge in [-0.1, -0.05) is 64.6 Å². The summed E-state index contributed by atoms with van der Waals surface area (Å²) in [5.74, 6) is -0.300. The van der Waals surface area contributed by atoms with Crippen molar-refractivity contribution in [2.24, 2.45) is 0 Å². The van der Waals surface area contributed by atoms with E-state index in [1.165, 1.54) is 11.3 Å². The van der Waals surface area contributed by atoms with E-state index < -0.39 is 0 Å². The zero-order valence-corrected chi connectivity index (χ0v) is 17.8. The van der Waals surface area contributed by atoms with Crippen LogP contribution in [0.3, 0.4) is 0 Å². The van der Waals surface area contributed by atoms with E-state index in [9.17, 15) is 4.79 Å². The average Bonchev–Trinajstić information content (AvgIpc) is 2.98. The van der Waals surface area contributed by atoms with Crippen molar-refractivity contribution in [1.29, 1.82) is 0 Å². The van der Waals surface area contributed by atoms with Crippen LogP contribution in [-0.2, 0) is 6.42 Å². The zero-order chi connectivity index (χ0) is 18.7. The number of aryl methyl sites for hydroxylation is 1. The highest BCUT2D eigenvalue weighted by Gasteiger charge is 2.17. The summed E-state index contributed by atoms with van der Waals surface area (Å²) in [6.45, 7) is 2.12. The maximum absolute atomic E-state index is 12.5. The van der Waals surface area contributed by atoms with Crippen molar-refractivity contribution >= 4 is 61.5 Å². The molecule has 0 unspecified atom stereocenters. The Morgan fingerprint density at radius 1 is 1.19 bits per heavy atom. The number of carbonyl (C=O) groups is 1. The standard InChI is InChI=1S/C19H15BrCl2N2OS/c1-2-3-16-17(11-4-6-12(20)7-5-11)23-19(26-16)24-18(25)14-9-8-13(21)10-15(14)22/h4-10H,2-3H2,1H3,(H,23,24,25). The molecule has 0 saturated carbocycles. The average molecular weight is 470 g/mol. The van der Waals surface area contributed by atoms with Gasteiger partial charge in [0.15, 0.2) is 5.13 Å². The van der Waals surface area contributed by atoms with E-state index in [-0.39, 0.29) is 5.91 Å². The molecular formula is C19H15BrCl2N2OS. The largest absolute Gasteiger partial charge is 0.298 e. The summed E-state index contributed by atoms with van der Waals surface area (Å²) in [7, 11) is 0. The molecule has 2 aromatic carbocycles. The molecule has 0 saturated heterocycles. The Labute approximate surface area is 174 Å². The number of rotatable bonds is 5. The smallest absolute Gasteiger partial charge is 0.258 e. The predicted molar refractivity (Wildman–Crippen MR) is 114 cm³/mol. The van der Waals surface area contributed by atoms with Crippen LogP contribution in [0.4, 0.5) is 5.13 Å². The molecule has 0 radical (unpaired) electrons. The van der Waals surface area contributed by atoms with Crippen LogP contribution in [0.5, 0.6) is 0 Å². The number of nitrogens with zero attached hydrogens (tertiary/aromatic N) is 1. The Morgan fingerprint density at radius 2 is 1.92 bits per heavy atom. The molecule has 0 atom stereocenters.